The topological polar surface area (TPSA) is 63.6 Å². The van der Waals surface area contributed by atoms with Gasteiger partial charge in [0.15, 0.2) is 0 Å². The number of hydrogen-bond donors (Lipinski definition) is 1. The van der Waals surface area contributed by atoms with Gasteiger partial charge in [0.2, 0.25) is 0 Å². The second-order valence-electron chi connectivity index (χ2n) is 7.20. The highest BCUT2D eigenvalue weighted by molar-refractivity contribution is 7.85. The lowest BCUT2D eigenvalue weighted by Gasteiger charge is -2.20. The summed E-state index contributed by atoms with van der Waals surface area (Å²) in [7, 11) is -4.04. The Labute approximate surface area is 160 Å². The summed E-state index contributed by atoms with van der Waals surface area (Å²) >= 11 is 0. The van der Waals surface area contributed by atoms with Crippen molar-refractivity contribution in [1.82, 2.24) is 0 Å². The van der Waals surface area contributed by atoms with E-state index >= 15 is 0 Å². The van der Waals surface area contributed by atoms with Crippen LogP contribution in [0.2, 0.25) is 0 Å². The van der Waals surface area contributed by atoms with Crippen molar-refractivity contribution >= 4 is 10.1 Å². The van der Waals surface area contributed by atoms with Crippen molar-refractivity contribution in [1.29, 1.82) is 0 Å². The van der Waals surface area contributed by atoms with Crippen LogP contribution in [0.5, 0.6) is 5.75 Å². The molecule has 0 aliphatic heterocycles. The largest absolute Gasteiger partial charge is 0.489 e. The number of aryl methyl sites for hydroxylation is 2. The zero-order valence-electron chi connectivity index (χ0n) is 16.7. The number of ether oxygens (including phenoxy) is 1. The minimum absolute atomic E-state index is 0.382. The summed E-state index contributed by atoms with van der Waals surface area (Å²) in [5.74, 6) is 0.448. The highest BCUT2D eigenvalue weighted by atomic mass is 32.2. The van der Waals surface area contributed by atoms with Crippen LogP contribution in [0.25, 0.3) is 0 Å². The molecule has 0 aliphatic carbocycles. The zero-order valence-corrected chi connectivity index (χ0v) is 17.5. The fourth-order valence-corrected chi connectivity index (χ4v) is 3.86. The Bertz CT molecular complexity index is 580. The van der Waals surface area contributed by atoms with Gasteiger partial charge in [0.25, 0.3) is 10.1 Å². The Balaban J connectivity index is 2.89. The lowest BCUT2D eigenvalue weighted by molar-refractivity contribution is 0.236. The molecule has 0 saturated carbocycles. The molecule has 1 aromatic rings. The molecule has 0 amide bonds. The van der Waals surface area contributed by atoms with Gasteiger partial charge < -0.3 is 4.74 Å². The minimum atomic E-state index is -4.04. The molecule has 0 heterocycles. The molecule has 1 N–H and O–H groups in total. The van der Waals surface area contributed by atoms with Gasteiger partial charge in [-0.1, -0.05) is 70.6 Å². The van der Waals surface area contributed by atoms with Gasteiger partial charge in [-0.3, -0.25) is 4.55 Å². The number of hydrogen-bond acceptors (Lipinski definition) is 3. The first-order valence-electron chi connectivity index (χ1n) is 10.1. The number of rotatable bonds is 14. The van der Waals surface area contributed by atoms with Crippen molar-refractivity contribution in [3.63, 3.8) is 0 Å². The molecule has 1 aromatic carbocycles. The Hall–Kier alpha value is -1.07. The van der Waals surface area contributed by atoms with E-state index < -0.39 is 16.2 Å². The molecule has 0 aromatic heterocycles. The summed E-state index contributed by atoms with van der Waals surface area (Å²) in [5, 5.41) is 0. The molecule has 0 saturated heterocycles. The third-order valence-corrected chi connectivity index (χ3v) is 5.43. The smallest absolute Gasteiger partial charge is 0.268 e. The first-order chi connectivity index (χ1) is 12.4. The van der Waals surface area contributed by atoms with Gasteiger partial charge in [-0.05, 0) is 43.7 Å². The SMILES string of the molecule is CCCCCCc1cccc(CCCCCC)c1OC(C)CS(=O)(=O)O. The summed E-state index contributed by atoms with van der Waals surface area (Å²) in [5.41, 5.74) is 2.30. The van der Waals surface area contributed by atoms with Crippen LogP contribution in [0.3, 0.4) is 0 Å². The van der Waals surface area contributed by atoms with Crippen LogP contribution in [-0.4, -0.2) is 24.8 Å². The summed E-state index contributed by atoms with van der Waals surface area (Å²) < 4.78 is 37.5. The molecule has 26 heavy (non-hydrogen) atoms. The molecule has 0 bridgehead atoms. The molecule has 5 heteroatoms. The maximum Gasteiger partial charge on any atom is 0.268 e. The van der Waals surface area contributed by atoms with Gasteiger partial charge in [0.1, 0.15) is 17.6 Å². The average molecular weight is 385 g/mol. The van der Waals surface area contributed by atoms with Crippen LogP contribution in [0.15, 0.2) is 18.2 Å². The quantitative estimate of drug-likeness (QED) is 0.335. The van der Waals surface area contributed by atoms with E-state index in [1.807, 2.05) is 0 Å². The summed E-state index contributed by atoms with van der Waals surface area (Å²) in [6.07, 6.45) is 10.8. The Kier molecular flexibility index (Phi) is 10.9. The standard InChI is InChI=1S/C21H36O4S/c1-4-6-8-10-13-19-15-12-16-20(14-11-9-7-5-2)21(19)25-18(3)17-26(22,23)24/h12,15-16,18H,4-11,13-14,17H2,1-3H3,(H,22,23,24). The second-order valence-corrected chi connectivity index (χ2v) is 8.70. The maximum absolute atomic E-state index is 11.2. The van der Waals surface area contributed by atoms with Crippen LogP contribution in [-0.2, 0) is 23.0 Å². The molecular formula is C21H36O4S. The van der Waals surface area contributed by atoms with Crippen molar-refractivity contribution in [2.75, 3.05) is 5.75 Å². The molecule has 1 rings (SSSR count). The fraction of sp³-hybridized carbons (Fsp3) is 0.714. The molecule has 1 unspecified atom stereocenters. The Morgan fingerprint density at radius 2 is 1.42 bits per heavy atom. The zero-order chi connectivity index (χ0) is 19.4. The molecular weight excluding hydrogens is 348 g/mol. The van der Waals surface area contributed by atoms with Gasteiger partial charge in [0, 0.05) is 0 Å². The van der Waals surface area contributed by atoms with Crippen LogP contribution < -0.4 is 4.74 Å². The minimum Gasteiger partial charge on any atom is -0.489 e. The molecule has 0 spiro atoms. The maximum atomic E-state index is 11.2. The van der Waals surface area contributed by atoms with E-state index in [1.165, 1.54) is 38.5 Å². The third-order valence-electron chi connectivity index (χ3n) is 4.54. The highest BCUT2D eigenvalue weighted by Gasteiger charge is 2.17. The van der Waals surface area contributed by atoms with Crippen molar-refractivity contribution in [3.8, 4) is 5.75 Å². The fourth-order valence-electron chi connectivity index (χ4n) is 3.20. The Morgan fingerprint density at radius 3 is 1.85 bits per heavy atom. The first-order valence-corrected chi connectivity index (χ1v) is 11.7. The monoisotopic (exact) mass is 384 g/mol. The third kappa shape index (κ3) is 9.58. The van der Waals surface area contributed by atoms with E-state index in [-0.39, 0.29) is 5.75 Å². The van der Waals surface area contributed by atoms with Crippen LogP contribution >= 0.6 is 0 Å². The van der Waals surface area contributed by atoms with Crippen LogP contribution in [0, 0.1) is 0 Å². The van der Waals surface area contributed by atoms with Crippen LogP contribution in [0.4, 0.5) is 0 Å². The van der Waals surface area contributed by atoms with Crippen LogP contribution in [0.1, 0.15) is 83.3 Å². The Morgan fingerprint density at radius 1 is 0.923 bits per heavy atom. The van der Waals surface area contributed by atoms with E-state index in [9.17, 15) is 8.42 Å². The van der Waals surface area contributed by atoms with E-state index in [1.54, 1.807) is 6.92 Å². The average Bonchev–Trinajstić information content (AvgIpc) is 2.56. The highest BCUT2D eigenvalue weighted by Crippen LogP contribution is 2.29. The number of benzene rings is 1. The van der Waals surface area contributed by atoms with Crippen molar-refractivity contribution < 1.29 is 17.7 Å². The molecule has 4 nitrogen and oxygen atoms in total. The molecule has 1 atom stereocenters. The molecule has 0 aliphatic rings. The van der Waals surface area contributed by atoms with Gasteiger partial charge in [-0.25, -0.2) is 0 Å². The van der Waals surface area contributed by atoms with E-state index in [0.29, 0.717) is 0 Å². The number of para-hydroxylation sites is 1. The van der Waals surface area contributed by atoms with Crippen molar-refractivity contribution in [2.24, 2.45) is 0 Å². The molecule has 0 radical (unpaired) electrons. The lowest BCUT2D eigenvalue weighted by atomic mass is 9.99. The van der Waals surface area contributed by atoms with Gasteiger partial charge in [-0.15, -0.1) is 0 Å². The van der Waals surface area contributed by atoms with Gasteiger partial charge in [-0.2, -0.15) is 8.42 Å². The predicted molar refractivity (Wildman–Crippen MR) is 109 cm³/mol. The first kappa shape index (κ1) is 23.0. The van der Waals surface area contributed by atoms with E-state index in [2.05, 4.69) is 32.0 Å². The van der Waals surface area contributed by atoms with E-state index in [0.717, 1.165) is 42.6 Å². The normalized spacial score (nSPS) is 12.9. The van der Waals surface area contributed by atoms with Gasteiger partial charge >= 0.3 is 0 Å². The molecule has 0 fully saturated rings. The predicted octanol–water partition coefficient (Wildman–Crippen LogP) is 5.59. The van der Waals surface area contributed by atoms with Gasteiger partial charge in [0.05, 0.1) is 0 Å². The summed E-state index contributed by atoms with van der Waals surface area (Å²) in [4.78, 5) is 0. The lowest BCUT2D eigenvalue weighted by Crippen LogP contribution is -2.24. The number of unbranched alkanes of at least 4 members (excludes halogenated alkanes) is 6. The summed E-state index contributed by atoms with van der Waals surface area (Å²) in [6, 6.07) is 6.23. The second kappa shape index (κ2) is 12.3. The van der Waals surface area contributed by atoms with Crippen molar-refractivity contribution in [3.05, 3.63) is 29.3 Å². The van der Waals surface area contributed by atoms with Crippen molar-refractivity contribution in [2.45, 2.75) is 91.1 Å². The van der Waals surface area contributed by atoms with E-state index in [4.69, 9.17) is 9.29 Å². The summed E-state index contributed by atoms with van der Waals surface area (Å²) in [6.45, 7) is 6.09. The molecule has 150 valence electrons.